The molecule has 0 aliphatic rings. The molecule has 96 valence electrons. The van der Waals surface area contributed by atoms with Crippen LogP contribution in [0.5, 0.6) is 0 Å². The molecule has 1 unspecified atom stereocenters. The number of amides is 1. The molecule has 0 heterocycles. The van der Waals surface area contributed by atoms with E-state index in [1.807, 2.05) is 30.3 Å². The largest absolute Gasteiger partial charge is 0.369 e. The van der Waals surface area contributed by atoms with Crippen LogP contribution in [-0.4, -0.2) is 9.33 Å². The molecule has 17 heavy (non-hydrogen) atoms. The lowest BCUT2D eigenvalue weighted by Crippen LogP contribution is -2.37. The molecule has 4 heteroatoms. The van der Waals surface area contributed by atoms with Crippen molar-refractivity contribution in [2.45, 2.75) is 36.0 Å². The maximum atomic E-state index is 11.7. The molecule has 1 aromatic rings. The molecular formula is C13H22IN2O+. The van der Waals surface area contributed by atoms with E-state index < -0.39 is 0 Å². The van der Waals surface area contributed by atoms with Gasteiger partial charge in [-0.15, -0.1) is 0 Å². The third-order valence-corrected chi connectivity index (χ3v) is 5.26. The number of primary amides is 1. The average molecular weight is 349 g/mol. The van der Waals surface area contributed by atoms with Crippen LogP contribution in [-0.2, 0) is 4.79 Å². The molecule has 1 amide bonds. The zero-order chi connectivity index (χ0) is 12.2. The highest BCUT2D eigenvalue weighted by molar-refractivity contribution is 14.1. The SMILES string of the molecule is CCC(I)(CC)C(C(N)=O)c1ccccc1.[NH4+]. The zero-order valence-electron chi connectivity index (χ0n) is 10.7. The zero-order valence-corrected chi connectivity index (χ0v) is 12.9. The Morgan fingerprint density at radius 2 is 1.76 bits per heavy atom. The number of hydrogen-bond acceptors (Lipinski definition) is 1. The summed E-state index contributed by atoms with van der Waals surface area (Å²) in [6.07, 6.45) is 1.87. The van der Waals surface area contributed by atoms with Crippen LogP contribution in [0.2, 0.25) is 0 Å². The molecule has 0 radical (unpaired) electrons. The van der Waals surface area contributed by atoms with E-state index in [0.29, 0.717) is 0 Å². The van der Waals surface area contributed by atoms with E-state index in [1.54, 1.807) is 0 Å². The highest BCUT2D eigenvalue weighted by Crippen LogP contribution is 2.41. The van der Waals surface area contributed by atoms with Crippen LogP contribution in [0.15, 0.2) is 30.3 Å². The molecule has 0 spiro atoms. The van der Waals surface area contributed by atoms with Crippen LogP contribution >= 0.6 is 22.6 Å². The summed E-state index contributed by atoms with van der Waals surface area (Å²) in [6.45, 7) is 4.21. The van der Waals surface area contributed by atoms with E-state index in [9.17, 15) is 4.79 Å². The lowest BCUT2D eigenvalue weighted by molar-refractivity contribution is -0.120. The summed E-state index contributed by atoms with van der Waals surface area (Å²) in [4.78, 5) is 11.7. The predicted molar refractivity (Wildman–Crippen MR) is 81.7 cm³/mol. The number of alkyl halides is 1. The number of carbonyl (C=O) groups excluding carboxylic acids is 1. The Labute approximate surface area is 117 Å². The summed E-state index contributed by atoms with van der Waals surface area (Å²) < 4.78 is -0.0784. The molecule has 0 bridgehead atoms. The second-order valence-corrected chi connectivity index (χ2v) is 6.14. The van der Waals surface area contributed by atoms with Gasteiger partial charge in [-0.1, -0.05) is 66.8 Å². The van der Waals surface area contributed by atoms with Crippen LogP contribution in [0, 0.1) is 0 Å². The number of halogens is 1. The van der Waals surface area contributed by atoms with Crippen LogP contribution in [0.3, 0.4) is 0 Å². The lowest BCUT2D eigenvalue weighted by atomic mass is 9.82. The Morgan fingerprint density at radius 1 is 1.29 bits per heavy atom. The molecule has 0 fully saturated rings. The van der Waals surface area contributed by atoms with Gasteiger partial charge in [0.05, 0.1) is 5.92 Å². The van der Waals surface area contributed by atoms with Gasteiger partial charge in [-0.05, 0) is 18.4 Å². The number of benzene rings is 1. The first-order valence-electron chi connectivity index (χ1n) is 5.58. The Bertz CT molecular complexity index is 350. The van der Waals surface area contributed by atoms with Gasteiger partial charge in [0.2, 0.25) is 5.91 Å². The van der Waals surface area contributed by atoms with Crippen LogP contribution < -0.4 is 11.9 Å². The molecule has 0 aromatic heterocycles. The van der Waals surface area contributed by atoms with Crippen molar-refractivity contribution >= 4 is 28.5 Å². The molecule has 0 saturated carbocycles. The normalized spacial score (nSPS) is 12.6. The minimum absolute atomic E-state index is 0. The topological polar surface area (TPSA) is 79.6 Å². The Kier molecular flexibility index (Phi) is 6.70. The van der Waals surface area contributed by atoms with E-state index in [0.717, 1.165) is 18.4 Å². The second-order valence-electron chi connectivity index (χ2n) is 3.99. The fraction of sp³-hybridized carbons (Fsp3) is 0.462. The number of quaternary nitrogens is 1. The van der Waals surface area contributed by atoms with Gasteiger partial charge in [0.1, 0.15) is 0 Å². The molecule has 3 nitrogen and oxygen atoms in total. The van der Waals surface area contributed by atoms with Crippen molar-refractivity contribution in [2.75, 3.05) is 0 Å². The monoisotopic (exact) mass is 349 g/mol. The van der Waals surface area contributed by atoms with Crippen molar-refractivity contribution < 1.29 is 4.79 Å². The van der Waals surface area contributed by atoms with Gasteiger partial charge in [-0.3, -0.25) is 4.79 Å². The molecule has 1 atom stereocenters. The van der Waals surface area contributed by atoms with E-state index in [4.69, 9.17) is 5.73 Å². The summed E-state index contributed by atoms with van der Waals surface area (Å²) in [6, 6.07) is 9.82. The number of nitrogens with two attached hydrogens (primary N) is 1. The Balaban J connectivity index is 0.00000256. The summed E-state index contributed by atoms with van der Waals surface area (Å²) >= 11 is 2.38. The van der Waals surface area contributed by atoms with E-state index in [1.165, 1.54) is 0 Å². The first kappa shape index (κ1) is 16.4. The van der Waals surface area contributed by atoms with Crippen molar-refractivity contribution in [2.24, 2.45) is 5.73 Å². The van der Waals surface area contributed by atoms with Gasteiger partial charge in [0.15, 0.2) is 0 Å². The number of hydrogen-bond donors (Lipinski definition) is 2. The van der Waals surface area contributed by atoms with Gasteiger partial charge in [0.25, 0.3) is 0 Å². The Hall–Kier alpha value is -0.620. The van der Waals surface area contributed by atoms with E-state index in [-0.39, 0.29) is 21.4 Å². The van der Waals surface area contributed by atoms with Crippen molar-refractivity contribution in [3.05, 3.63) is 35.9 Å². The fourth-order valence-corrected chi connectivity index (χ4v) is 2.69. The molecule has 0 saturated heterocycles. The number of carbonyl (C=O) groups is 1. The quantitative estimate of drug-likeness (QED) is 0.618. The summed E-state index contributed by atoms with van der Waals surface area (Å²) in [7, 11) is 0. The van der Waals surface area contributed by atoms with Crippen LogP contribution in [0.1, 0.15) is 38.2 Å². The van der Waals surface area contributed by atoms with E-state index in [2.05, 4.69) is 36.4 Å². The lowest BCUT2D eigenvalue weighted by Gasteiger charge is -2.32. The minimum atomic E-state index is -0.232. The third-order valence-electron chi connectivity index (χ3n) is 3.11. The summed E-state index contributed by atoms with van der Waals surface area (Å²) in [5, 5.41) is 0. The number of rotatable bonds is 5. The fourth-order valence-electron chi connectivity index (χ4n) is 2.02. The van der Waals surface area contributed by atoms with Gasteiger partial charge < -0.3 is 11.9 Å². The van der Waals surface area contributed by atoms with Crippen molar-refractivity contribution in [3.8, 4) is 0 Å². The first-order valence-corrected chi connectivity index (χ1v) is 6.66. The molecule has 1 aromatic carbocycles. The predicted octanol–water partition coefficient (Wildman–Crippen LogP) is 3.63. The maximum Gasteiger partial charge on any atom is 0.226 e. The van der Waals surface area contributed by atoms with Gasteiger partial charge >= 0.3 is 0 Å². The maximum absolute atomic E-state index is 11.7. The standard InChI is InChI=1S/C13H18INO.H3N/c1-3-13(14,4-2)11(12(15)16)10-8-6-5-7-9-10;/h5-9,11H,3-4H2,1-2H3,(H2,15,16);1H3/p+1. The van der Waals surface area contributed by atoms with Crippen molar-refractivity contribution in [3.63, 3.8) is 0 Å². The van der Waals surface area contributed by atoms with Gasteiger partial charge in [0, 0.05) is 3.42 Å². The average Bonchev–Trinajstić information content (AvgIpc) is 2.30. The molecule has 6 N–H and O–H groups in total. The molecule has 0 aliphatic carbocycles. The smallest absolute Gasteiger partial charge is 0.226 e. The molecular weight excluding hydrogens is 327 g/mol. The van der Waals surface area contributed by atoms with Crippen LogP contribution in [0.25, 0.3) is 0 Å². The summed E-state index contributed by atoms with van der Waals surface area (Å²) in [5.74, 6) is -0.436. The molecule has 0 aliphatic heterocycles. The Morgan fingerprint density at radius 3 is 2.12 bits per heavy atom. The van der Waals surface area contributed by atoms with Gasteiger partial charge in [-0.25, -0.2) is 0 Å². The van der Waals surface area contributed by atoms with E-state index >= 15 is 0 Å². The minimum Gasteiger partial charge on any atom is -0.369 e. The molecule has 1 rings (SSSR count). The van der Waals surface area contributed by atoms with Crippen LogP contribution in [0.4, 0.5) is 0 Å². The van der Waals surface area contributed by atoms with Gasteiger partial charge in [-0.2, -0.15) is 0 Å². The van der Waals surface area contributed by atoms with Crippen molar-refractivity contribution in [1.82, 2.24) is 6.15 Å². The third kappa shape index (κ3) is 3.67. The highest BCUT2D eigenvalue weighted by Gasteiger charge is 2.37. The highest BCUT2D eigenvalue weighted by atomic mass is 127. The second kappa shape index (κ2) is 6.96. The van der Waals surface area contributed by atoms with Crippen molar-refractivity contribution in [1.29, 1.82) is 0 Å². The first-order chi connectivity index (χ1) is 7.55. The summed E-state index contributed by atoms with van der Waals surface area (Å²) in [5.41, 5.74) is 6.58.